The lowest BCUT2D eigenvalue weighted by Crippen LogP contribution is -2.50. The summed E-state index contributed by atoms with van der Waals surface area (Å²) in [5.41, 5.74) is -0.677. The van der Waals surface area contributed by atoms with Gasteiger partial charge in [0.15, 0.2) is 0 Å². The van der Waals surface area contributed by atoms with E-state index in [0.717, 1.165) is 12.8 Å². The molecule has 2 heteroatoms. The van der Waals surface area contributed by atoms with E-state index in [1.807, 2.05) is 0 Å². The molecule has 0 radical (unpaired) electrons. The van der Waals surface area contributed by atoms with Gasteiger partial charge in [-0.15, -0.1) is 0 Å². The van der Waals surface area contributed by atoms with Crippen molar-refractivity contribution in [3.63, 3.8) is 0 Å². The average molecular weight is 167 g/mol. The Hall–Kier alpha value is -0.550. The van der Waals surface area contributed by atoms with Crippen LogP contribution in [0, 0.1) is 29.1 Å². The number of nitrogens with zero attached hydrogens (tertiary/aromatic N) is 1. The topological polar surface area (TPSA) is 44.0 Å². The zero-order valence-electron chi connectivity index (χ0n) is 8.04. The van der Waals surface area contributed by atoms with Gasteiger partial charge in [-0.3, -0.25) is 0 Å². The summed E-state index contributed by atoms with van der Waals surface area (Å²) < 4.78 is 0. The first kappa shape index (κ1) is 9.54. The van der Waals surface area contributed by atoms with E-state index in [4.69, 9.17) is 5.26 Å². The maximum atomic E-state index is 9.88. The molecule has 1 saturated carbocycles. The van der Waals surface area contributed by atoms with Crippen molar-refractivity contribution in [1.29, 1.82) is 5.26 Å². The van der Waals surface area contributed by atoms with Crippen molar-refractivity contribution in [3.8, 4) is 6.07 Å². The van der Waals surface area contributed by atoms with Crippen LogP contribution < -0.4 is 0 Å². The van der Waals surface area contributed by atoms with Crippen molar-refractivity contribution in [2.24, 2.45) is 17.8 Å². The largest absolute Gasteiger partial charge is 0.389 e. The summed E-state index contributed by atoms with van der Waals surface area (Å²) in [6, 6.07) is 2.12. The molecule has 1 fully saturated rings. The van der Waals surface area contributed by atoms with Gasteiger partial charge in [-0.2, -0.15) is 5.26 Å². The summed E-state index contributed by atoms with van der Waals surface area (Å²) in [6.07, 6.45) is 1.61. The average Bonchev–Trinajstić information content (AvgIpc) is 1.96. The molecule has 0 aromatic rings. The lowest BCUT2D eigenvalue weighted by molar-refractivity contribution is -0.110. The lowest BCUT2D eigenvalue weighted by atomic mass is 9.62. The minimum absolute atomic E-state index is 0.215. The Morgan fingerprint density at radius 3 is 2.25 bits per heavy atom. The zero-order valence-corrected chi connectivity index (χ0v) is 8.04. The Bertz CT molecular complexity index is 198. The second kappa shape index (κ2) is 3.06. The Morgan fingerprint density at radius 2 is 1.92 bits per heavy atom. The molecule has 0 aliphatic heterocycles. The van der Waals surface area contributed by atoms with Crippen molar-refractivity contribution in [3.05, 3.63) is 0 Å². The zero-order chi connectivity index (χ0) is 9.35. The highest BCUT2D eigenvalue weighted by atomic mass is 16.3. The summed E-state index contributed by atoms with van der Waals surface area (Å²) >= 11 is 0. The van der Waals surface area contributed by atoms with E-state index in [0.29, 0.717) is 11.8 Å². The Morgan fingerprint density at radius 1 is 1.42 bits per heavy atom. The predicted molar refractivity (Wildman–Crippen MR) is 47.3 cm³/mol. The van der Waals surface area contributed by atoms with Gasteiger partial charge < -0.3 is 5.11 Å². The highest BCUT2D eigenvalue weighted by Gasteiger charge is 2.47. The van der Waals surface area contributed by atoms with Crippen LogP contribution in [0.5, 0.6) is 0 Å². The molecule has 2 nitrogen and oxygen atoms in total. The molecular formula is C10H17NO. The van der Waals surface area contributed by atoms with Crippen molar-refractivity contribution < 1.29 is 5.11 Å². The van der Waals surface area contributed by atoms with Gasteiger partial charge in [-0.05, 0) is 31.6 Å². The Kier molecular flexibility index (Phi) is 2.44. The summed E-state index contributed by atoms with van der Waals surface area (Å²) in [7, 11) is 0. The minimum Gasteiger partial charge on any atom is -0.389 e. The molecule has 0 aromatic carbocycles. The van der Waals surface area contributed by atoms with Crippen LogP contribution in [0.25, 0.3) is 0 Å². The molecule has 1 rings (SSSR count). The van der Waals surface area contributed by atoms with Crippen LogP contribution in [0.1, 0.15) is 33.6 Å². The number of nitriles is 1. The standard InChI is InChI=1S/C10H17NO/c1-7(2)9-4-10(12,5-9)8(3)6-11/h7-9,12H,4-5H2,1-3H3. The van der Waals surface area contributed by atoms with E-state index in [1.165, 1.54) is 0 Å². The van der Waals surface area contributed by atoms with E-state index in [-0.39, 0.29) is 5.92 Å². The van der Waals surface area contributed by atoms with Crippen LogP contribution in [0.4, 0.5) is 0 Å². The number of aliphatic hydroxyl groups is 1. The summed E-state index contributed by atoms with van der Waals surface area (Å²) in [5, 5.41) is 18.5. The third-order valence-corrected chi connectivity index (χ3v) is 3.17. The van der Waals surface area contributed by atoms with Gasteiger partial charge in [0.25, 0.3) is 0 Å². The van der Waals surface area contributed by atoms with Gasteiger partial charge in [0, 0.05) is 0 Å². The molecule has 1 atom stereocenters. The monoisotopic (exact) mass is 167 g/mol. The minimum atomic E-state index is -0.677. The normalized spacial score (nSPS) is 37.2. The van der Waals surface area contributed by atoms with E-state index in [9.17, 15) is 5.11 Å². The molecular weight excluding hydrogens is 150 g/mol. The van der Waals surface area contributed by atoms with Crippen LogP contribution in [-0.2, 0) is 0 Å². The quantitative estimate of drug-likeness (QED) is 0.683. The Labute approximate surface area is 74.2 Å². The van der Waals surface area contributed by atoms with Crippen molar-refractivity contribution in [2.75, 3.05) is 0 Å². The third-order valence-electron chi connectivity index (χ3n) is 3.17. The van der Waals surface area contributed by atoms with E-state index < -0.39 is 5.60 Å². The SMILES string of the molecule is CC(C)C1CC(O)(C(C)C#N)C1. The van der Waals surface area contributed by atoms with E-state index in [2.05, 4.69) is 19.9 Å². The fraction of sp³-hybridized carbons (Fsp3) is 0.900. The van der Waals surface area contributed by atoms with Gasteiger partial charge in [0.2, 0.25) is 0 Å². The maximum Gasteiger partial charge on any atom is 0.0808 e. The molecule has 0 bridgehead atoms. The highest BCUT2D eigenvalue weighted by molar-refractivity contribution is 5.05. The first-order chi connectivity index (χ1) is 5.49. The molecule has 1 N–H and O–H groups in total. The predicted octanol–water partition coefficient (Wildman–Crippen LogP) is 1.94. The van der Waals surface area contributed by atoms with Gasteiger partial charge in [-0.25, -0.2) is 0 Å². The molecule has 12 heavy (non-hydrogen) atoms. The smallest absolute Gasteiger partial charge is 0.0808 e. The van der Waals surface area contributed by atoms with Gasteiger partial charge in [0.05, 0.1) is 17.6 Å². The molecule has 1 aliphatic carbocycles. The van der Waals surface area contributed by atoms with Crippen LogP contribution in [0.2, 0.25) is 0 Å². The fourth-order valence-corrected chi connectivity index (χ4v) is 1.79. The van der Waals surface area contributed by atoms with E-state index >= 15 is 0 Å². The van der Waals surface area contributed by atoms with Crippen molar-refractivity contribution in [2.45, 2.75) is 39.2 Å². The molecule has 1 aliphatic rings. The van der Waals surface area contributed by atoms with Crippen LogP contribution in [0.3, 0.4) is 0 Å². The van der Waals surface area contributed by atoms with E-state index in [1.54, 1.807) is 6.92 Å². The third kappa shape index (κ3) is 1.47. The highest BCUT2D eigenvalue weighted by Crippen LogP contribution is 2.46. The van der Waals surface area contributed by atoms with Crippen molar-refractivity contribution >= 4 is 0 Å². The molecule has 0 heterocycles. The van der Waals surface area contributed by atoms with Crippen LogP contribution in [-0.4, -0.2) is 10.7 Å². The maximum absolute atomic E-state index is 9.88. The van der Waals surface area contributed by atoms with Gasteiger partial charge >= 0.3 is 0 Å². The second-order valence-corrected chi connectivity index (χ2v) is 4.37. The fourth-order valence-electron chi connectivity index (χ4n) is 1.79. The first-order valence-electron chi connectivity index (χ1n) is 4.61. The summed E-state index contributed by atoms with van der Waals surface area (Å²) in [6.45, 7) is 6.14. The lowest BCUT2D eigenvalue weighted by Gasteiger charge is -2.47. The number of hydrogen-bond donors (Lipinski definition) is 1. The molecule has 68 valence electrons. The number of rotatable bonds is 2. The van der Waals surface area contributed by atoms with Gasteiger partial charge in [-0.1, -0.05) is 13.8 Å². The summed E-state index contributed by atoms with van der Waals surface area (Å²) in [4.78, 5) is 0. The second-order valence-electron chi connectivity index (χ2n) is 4.37. The molecule has 0 amide bonds. The first-order valence-corrected chi connectivity index (χ1v) is 4.61. The Balaban J connectivity index is 2.46. The summed E-state index contributed by atoms with van der Waals surface area (Å²) in [5.74, 6) is 1.04. The van der Waals surface area contributed by atoms with Crippen molar-refractivity contribution in [1.82, 2.24) is 0 Å². The molecule has 1 unspecified atom stereocenters. The van der Waals surface area contributed by atoms with Crippen LogP contribution >= 0.6 is 0 Å². The molecule has 0 aromatic heterocycles. The molecule has 0 spiro atoms. The van der Waals surface area contributed by atoms with Gasteiger partial charge in [0.1, 0.15) is 0 Å². The molecule has 0 saturated heterocycles. The van der Waals surface area contributed by atoms with Crippen LogP contribution in [0.15, 0.2) is 0 Å². The number of hydrogen-bond acceptors (Lipinski definition) is 2.